The van der Waals surface area contributed by atoms with Gasteiger partial charge < -0.3 is 19.7 Å². The van der Waals surface area contributed by atoms with Crippen molar-refractivity contribution < 1.29 is 13.9 Å². The predicted molar refractivity (Wildman–Crippen MR) is 112 cm³/mol. The Bertz CT molecular complexity index is 1010. The van der Waals surface area contributed by atoms with E-state index in [0.29, 0.717) is 30.7 Å². The summed E-state index contributed by atoms with van der Waals surface area (Å²) in [4.78, 5) is 19.0. The van der Waals surface area contributed by atoms with Crippen molar-refractivity contribution in [3.63, 3.8) is 0 Å². The largest absolute Gasteiger partial charge is 0.481 e. The maximum atomic E-state index is 14.4. The third kappa shape index (κ3) is 4.46. The van der Waals surface area contributed by atoms with Crippen LogP contribution in [0, 0.1) is 5.95 Å². The van der Waals surface area contributed by atoms with Crippen molar-refractivity contribution in [1.82, 2.24) is 19.9 Å². The lowest BCUT2D eigenvalue weighted by atomic mass is 10.1. The van der Waals surface area contributed by atoms with Gasteiger partial charge in [0.15, 0.2) is 0 Å². The molecular formula is C21H23FN6O2. The zero-order chi connectivity index (χ0) is 21.1. The lowest BCUT2D eigenvalue weighted by molar-refractivity contribution is -0.00571. The summed E-state index contributed by atoms with van der Waals surface area (Å²) in [5, 5.41) is 3.02. The summed E-state index contributed by atoms with van der Waals surface area (Å²) >= 11 is 0. The second-order valence-electron chi connectivity index (χ2n) is 7.18. The smallest absolute Gasteiger partial charge is 0.236 e. The van der Waals surface area contributed by atoms with Gasteiger partial charge in [-0.25, -0.2) is 15.0 Å². The van der Waals surface area contributed by atoms with Crippen molar-refractivity contribution in [1.29, 1.82) is 0 Å². The van der Waals surface area contributed by atoms with E-state index in [0.717, 1.165) is 11.1 Å². The third-order valence-corrected chi connectivity index (χ3v) is 4.73. The van der Waals surface area contributed by atoms with Crippen molar-refractivity contribution in [2.24, 2.45) is 0 Å². The number of nitrogens with one attached hydrogen (secondary N) is 1. The quantitative estimate of drug-likeness (QED) is 0.641. The highest BCUT2D eigenvalue weighted by Crippen LogP contribution is 2.26. The maximum Gasteiger partial charge on any atom is 0.236 e. The zero-order valence-corrected chi connectivity index (χ0v) is 17.0. The number of morpholine rings is 1. The van der Waals surface area contributed by atoms with Gasteiger partial charge >= 0.3 is 0 Å². The fourth-order valence-corrected chi connectivity index (χ4v) is 3.41. The van der Waals surface area contributed by atoms with Crippen LogP contribution in [0.1, 0.15) is 13.8 Å². The number of aromatic nitrogens is 4. The van der Waals surface area contributed by atoms with Crippen LogP contribution in [0.3, 0.4) is 0 Å². The molecule has 1 aliphatic heterocycles. The molecule has 3 aromatic heterocycles. The number of ether oxygens (including phenoxy) is 2. The van der Waals surface area contributed by atoms with Gasteiger partial charge in [0, 0.05) is 48.9 Å². The molecule has 0 radical (unpaired) electrons. The standard InChI is InChI=1S/C21H23FN6O2/c1-13-11-28(12-14(2)30-13)21-23-7-6-18(27-21)26-17-8-16(10-25-20(17)22)15-4-5-19(29-3)24-9-15/h4-10,13-14H,11-12H2,1-3H3,(H,23,26,27)/t13-,14+. The second-order valence-corrected chi connectivity index (χ2v) is 7.18. The normalized spacial score (nSPS) is 18.9. The van der Waals surface area contributed by atoms with E-state index in [1.165, 1.54) is 6.20 Å². The van der Waals surface area contributed by atoms with E-state index in [2.05, 4.69) is 30.2 Å². The van der Waals surface area contributed by atoms with Gasteiger partial charge in [-0.15, -0.1) is 0 Å². The van der Waals surface area contributed by atoms with Gasteiger partial charge in [-0.2, -0.15) is 9.37 Å². The average Bonchev–Trinajstić information content (AvgIpc) is 2.75. The molecule has 1 N–H and O–H groups in total. The van der Waals surface area contributed by atoms with Gasteiger partial charge in [0.25, 0.3) is 0 Å². The highest BCUT2D eigenvalue weighted by atomic mass is 19.1. The van der Waals surface area contributed by atoms with Crippen molar-refractivity contribution >= 4 is 17.5 Å². The first-order chi connectivity index (χ1) is 14.5. The van der Waals surface area contributed by atoms with Crippen molar-refractivity contribution in [2.75, 3.05) is 30.4 Å². The van der Waals surface area contributed by atoms with Crippen LogP contribution in [0.5, 0.6) is 5.88 Å². The van der Waals surface area contributed by atoms with E-state index in [-0.39, 0.29) is 17.9 Å². The molecule has 9 heteroatoms. The number of hydrogen-bond donors (Lipinski definition) is 1. The van der Waals surface area contributed by atoms with Gasteiger partial charge in [-0.05, 0) is 32.0 Å². The zero-order valence-electron chi connectivity index (χ0n) is 17.0. The summed E-state index contributed by atoms with van der Waals surface area (Å²) < 4.78 is 25.2. The first kappa shape index (κ1) is 20.0. The number of rotatable bonds is 5. The molecule has 2 atom stereocenters. The maximum absolute atomic E-state index is 14.4. The van der Waals surface area contributed by atoms with Crippen molar-refractivity contribution in [3.8, 4) is 17.0 Å². The fraction of sp³-hybridized carbons (Fsp3) is 0.333. The monoisotopic (exact) mass is 410 g/mol. The Balaban J connectivity index is 1.56. The van der Waals surface area contributed by atoms with Crippen LogP contribution in [0.4, 0.5) is 21.8 Å². The van der Waals surface area contributed by atoms with Crippen molar-refractivity contribution in [3.05, 3.63) is 48.8 Å². The molecule has 0 spiro atoms. The van der Waals surface area contributed by atoms with E-state index in [4.69, 9.17) is 9.47 Å². The molecule has 4 rings (SSSR count). The lowest BCUT2D eigenvalue weighted by Gasteiger charge is -2.35. The fourth-order valence-electron chi connectivity index (χ4n) is 3.41. The third-order valence-electron chi connectivity index (χ3n) is 4.73. The van der Waals surface area contributed by atoms with Crippen LogP contribution in [0.25, 0.3) is 11.1 Å². The molecule has 0 unspecified atom stereocenters. The van der Waals surface area contributed by atoms with E-state index < -0.39 is 5.95 Å². The second kappa shape index (κ2) is 8.58. The summed E-state index contributed by atoms with van der Waals surface area (Å²) in [5.41, 5.74) is 1.74. The minimum atomic E-state index is -0.617. The summed E-state index contributed by atoms with van der Waals surface area (Å²) in [7, 11) is 1.55. The van der Waals surface area contributed by atoms with E-state index >= 15 is 0 Å². The Morgan fingerprint density at radius 3 is 2.53 bits per heavy atom. The van der Waals surface area contributed by atoms with Crippen LogP contribution in [0.2, 0.25) is 0 Å². The summed E-state index contributed by atoms with van der Waals surface area (Å²) in [6.07, 6.45) is 4.95. The molecule has 1 saturated heterocycles. The first-order valence-electron chi connectivity index (χ1n) is 9.68. The van der Waals surface area contributed by atoms with Crippen LogP contribution in [-0.4, -0.2) is 52.3 Å². The number of anilines is 3. The molecule has 0 aromatic carbocycles. The minimum Gasteiger partial charge on any atom is -0.481 e. The molecule has 0 saturated carbocycles. The Labute approximate surface area is 174 Å². The van der Waals surface area contributed by atoms with E-state index in [1.54, 1.807) is 37.7 Å². The molecule has 0 bridgehead atoms. The molecule has 8 nitrogen and oxygen atoms in total. The van der Waals surface area contributed by atoms with E-state index in [1.807, 2.05) is 19.9 Å². The van der Waals surface area contributed by atoms with Crippen LogP contribution >= 0.6 is 0 Å². The highest BCUT2D eigenvalue weighted by Gasteiger charge is 2.24. The lowest BCUT2D eigenvalue weighted by Crippen LogP contribution is -2.46. The van der Waals surface area contributed by atoms with Gasteiger partial charge in [0.2, 0.25) is 17.8 Å². The highest BCUT2D eigenvalue weighted by molar-refractivity contribution is 5.68. The van der Waals surface area contributed by atoms with Gasteiger partial charge in [-0.3, -0.25) is 0 Å². The molecule has 1 aliphatic rings. The summed E-state index contributed by atoms with van der Waals surface area (Å²) in [6, 6.07) is 6.95. The summed E-state index contributed by atoms with van der Waals surface area (Å²) in [6.45, 7) is 5.43. The van der Waals surface area contributed by atoms with Crippen LogP contribution < -0.4 is 15.0 Å². The molecule has 1 fully saturated rings. The Kier molecular flexibility index (Phi) is 5.71. The average molecular weight is 410 g/mol. The Morgan fingerprint density at radius 1 is 1.07 bits per heavy atom. The number of methoxy groups -OCH3 is 1. The SMILES string of the molecule is COc1ccc(-c2cnc(F)c(Nc3ccnc(N4C[C@@H](C)O[C@@H](C)C4)n3)c2)cn1. The van der Waals surface area contributed by atoms with Crippen molar-refractivity contribution in [2.45, 2.75) is 26.1 Å². The van der Waals surface area contributed by atoms with Gasteiger partial charge in [0.1, 0.15) is 5.82 Å². The number of hydrogen-bond acceptors (Lipinski definition) is 8. The van der Waals surface area contributed by atoms with Crippen LogP contribution in [-0.2, 0) is 4.74 Å². The molecular weight excluding hydrogens is 387 g/mol. The van der Waals surface area contributed by atoms with Crippen LogP contribution in [0.15, 0.2) is 42.9 Å². The van der Waals surface area contributed by atoms with Gasteiger partial charge in [-0.1, -0.05) is 0 Å². The molecule has 3 aromatic rings. The van der Waals surface area contributed by atoms with Gasteiger partial charge in [0.05, 0.1) is 25.0 Å². The minimum absolute atomic E-state index is 0.0883. The molecule has 4 heterocycles. The number of nitrogens with zero attached hydrogens (tertiary/aromatic N) is 5. The predicted octanol–water partition coefficient (Wildman–Crippen LogP) is 3.44. The number of halogens is 1. The van der Waals surface area contributed by atoms with E-state index in [9.17, 15) is 4.39 Å². The summed E-state index contributed by atoms with van der Waals surface area (Å²) in [5.74, 6) is 0.949. The first-order valence-corrected chi connectivity index (χ1v) is 9.68. The topological polar surface area (TPSA) is 85.3 Å². The number of pyridine rings is 2. The molecule has 0 amide bonds. The molecule has 0 aliphatic carbocycles. The molecule has 156 valence electrons. The molecule has 30 heavy (non-hydrogen) atoms. The Morgan fingerprint density at radius 2 is 1.83 bits per heavy atom. The Hall–Kier alpha value is -3.33.